The first-order chi connectivity index (χ1) is 16.6. The van der Waals surface area contributed by atoms with Crippen LogP contribution >= 0.6 is 0 Å². The SMILES string of the molecule is C[C@@H]1C[C@H](C)CN(CCCNC(=O)c2cc(=O)[nH]c3ccc(S(=O)(=O)N4CCCC[C@H]4C)cc23)C1. The van der Waals surface area contributed by atoms with Gasteiger partial charge in [-0.2, -0.15) is 4.31 Å². The molecule has 3 heterocycles. The molecule has 192 valence electrons. The van der Waals surface area contributed by atoms with E-state index in [-0.39, 0.29) is 28.0 Å². The van der Waals surface area contributed by atoms with Gasteiger partial charge < -0.3 is 15.2 Å². The number of hydrogen-bond acceptors (Lipinski definition) is 5. The average molecular weight is 503 g/mol. The summed E-state index contributed by atoms with van der Waals surface area (Å²) in [5, 5.41) is 3.37. The Morgan fingerprint density at radius 1 is 1.11 bits per heavy atom. The van der Waals surface area contributed by atoms with Gasteiger partial charge in [-0.25, -0.2) is 8.42 Å². The van der Waals surface area contributed by atoms with Crippen molar-refractivity contribution in [2.45, 2.75) is 63.8 Å². The number of rotatable bonds is 7. The molecule has 2 saturated heterocycles. The van der Waals surface area contributed by atoms with Crippen LogP contribution in [0, 0.1) is 11.8 Å². The molecular weight excluding hydrogens is 464 g/mol. The van der Waals surface area contributed by atoms with Gasteiger partial charge in [0.1, 0.15) is 0 Å². The second kappa shape index (κ2) is 10.8. The third kappa shape index (κ3) is 5.95. The van der Waals surface area contributed by atoms with Crippen LogP contribution in [-0.2, 0) is 10.0 Å². The van der Waals surface area contributed by atoms with Gasteiger partial charge in [0.15, 0.2) is 0 Å². The predicted molar refractivity (Wildman–Crippen MR) is 138 cm³/mol. The van der Waals surface area contributed by atoms with Gasteiger partial charge in [0.05, 0.1) is 10.5 Å². The number of carbonyl (C=O) groups excluding carboxylic acids is 1. The van der Waals surface area contributed by atoms with Crippen LogP contribution in [0.1, 0.15) is 63.2 Å². The van der Waals surface area contributed by atoms with E-state index in [2.05, 4.69) is 29.0 Å². The molecule has 2 N–H and O–H groups in total. The Bertz CT molecular complexity index is 1220. The fraction of sp³-hybridized carbons (Fsp3) is 0.615. The molecule has 8 nitrogen and oxygen atoms in total. The zero-order chi connectivity index (χ0) is 25.2. The lowest BCUT2D eigenvalue weighted by atomic mass is 9.92. The minimum Gasteiger partial charge on any atom is -0.352 e. The fourth-order valence-corrected chi connectivity index (χ4v) is 7.45. The molecule has 1 aromatic carbocycles. The number of likely N-dealkylation sites (tertiary alicyclic amines) is 1. The Balaban J connectivity index is 1.50. The van der Waals surface area contributed by atoms with E-state index in [1.165, 1.54) is 24.6 Å². The number of nitrogens with zero attached hydrogens (tertiary/aromatic N) is 2. The number of aromatic amines is 1. The van der Waals surface area contributed by atoms with E-state index in [9.17, 15) is 18.0 Å². The zero-order valence-electron chi connectivity index (χ0n) is 21.0. The molecule has 3 atom stereocenters. The van der Waals surface area contributed by atoms with Crippen molar-refractivity contribution in [1.29, 1.82) is 0 Å². The number of H-pyrrole nitrogens is 1. The lowest BCUT2D eigenvalue weighted by Gasteiger charge is -2.34. The summed E-state index contributed by atoms with van der Waals surface area (Å²) in [4.78, 5) is 30.6. The maximum atomic E-state index is 13.3. The fourth-order valence-electron chi connectivity index (χ4n) is 5.72. The molecule has 2 aliphatic rings. The number of benzene rings is 1. The molecule has 2 aliphatic heterocycles. The van der Waals surface area contributed by atoms with E-state index in [0.717, 1.165) is 45.3 Å². The predicted octanol–water partition coefficient (Wildman–Crippen LogP) is 3.19. The normalized spacial score (nSPS) is 24.5. The van der Waals surface area contributed by atoms with Crippen LogP contribution in [0.25, 0.3) is 10.9 Å². The number of nitrogens with one attached hydrogen (secondary N) is 2. The number of sulfonamides is 1. The maximum Gasteiger partial charge on any atom is 0.252 e. The molecular formula is C26H38N4O4S. The molecule has 0 bridgehead atoms. The van der Waals surface area contributed by atoms with Crippen LogP contribution in [0.3, 0.4) is 0 Å². The molecule has 0 saturated carbocycles. The van der Waals surface area contributed by atoms with Gasteiger partial charge >= 0.3 is 0 Å². The standard InChI is InChI=1S/C26H38N4O4S/c1-18-13-19(2)17-29(16-18)11-6-10-27-26(32)23-15-25(31)28-24-9-8-21(14-22(23)24)35(33,34)30-12-5-4-7-20(30)3/h8-9,14-15,18-20H,4-7,10-13,16-17H2,1-3H3,(H,27,32)(H,28,31)/t18-,19+,20-/m1/s1. The van der Waals surface area contributed by atoms with Gasteiger partial charge in [-0.15, -0.1) is 0 Å². The highest BCUT2D eigenvalue weighted by Crippen LogP contribution is 2.28. The van der Waals surface area contributed by atoms with Gasteiger partial charge in [0.2, 0.25) is 15.6 Å². The van der Waals surface area contributed by atoms with E-state index in [1.807, 2.05) is 6.92 Å². The van der Waals surface area contributed by atoms with Crippen molar-refractivity contribution in [2.75, 3.05) is 32.7 Å². The summed E-state index contributed by atoms with van der Waals surface area (Å²) in [7, 11) is -3.69. The van der Waals surface area contributed by atoms with Crippen molar-refractivity contribution in [3.63, 3.8) is 0 Å². The minimum absolute atomic E-state index is 0.0614. The first-order valence-corrected chi connectivity index (χ1v) is 14.3. The lowest BCUT2D eigenvalue weighted by Crippen LogP contribution is -2.41. The number of pyridine rings is 1. The van der Waals surface area contributed by atoms with Crippen LogP contribution in [0.5, 0.6) is 0 Å². The highest BCUT2D eigenvalue weighted by molar-refractivity contribution is 7.89. The van der Waals surface area contributed by atoms with Crippen molar-refractivity contribution in [3.05, 3.63) is 40.2 Å². The van der Waals surface area contributed by atoms with E-state index < -0.39 is 10.0 Å². The third-order valence-corrected chi connectivity index (χ3v) is 9.30. The summed E-state index contributed by atoms with van der Waals surface area (Å²) in [5.74, 6) is 1.02. The lowest BCUT2D eigenvalue weighted by molar-refractivity contribution is 0.0948. The van der Waals surface area contributed by atoms with E-state index in [0.29, 0.717) is 35.8 Å². The van der Waals surface area contributed by atoms with E-state index in [4.69, 9.17) is 0 Å². The second-order valence-electron chi connectivity index (χ2n) is 10.5. The number of piperidine rings is 2. The molecule has 35 heavy (non-hydrogen) atoms. The highest BCUT2D eigenvalue weighted by Gasteiger charge is 2.31. The molecule has 9 heteroatoms. The van der Waals surface area contributed by atoms with E-state index in [1.54, 1.807) is 10.4 Å². The summed E-state index contributed by atoms with van der Waals surface area (Å²) in [5.41, 5.74) is 0.261. The van der Waals surface area contributed by atoms with Crippen molar-refractivity contribution < 1.29 is 13.2 Å². The first kappa shape index (κ1) is 25.9. The number of amides is 1. The summed E-state index contributed by atoms with van der Waals surface area (Å²) in [6, 6.07) is 5.80. The van der Waals surface area contributed by atoms with Crippen molar-refractivity contribution in [1.82, 2.24) is 19.5 Å². The van der Waals surface area contributed by atoms with Crippen LogP contribution < -0.4 is 10.9 Å². The quantitative estimate of drug-likeness (QED) is 0.566. The molecule has 0 aliphatic carbocycles. The Labute approximate surface area is 208 Å². The average Bonchev–Trinajstić information content (AvgIpc) is 2.80. The molecule has 1 aromatic heterocycles. The summed E-state index contributed by atoms with van der Waals surface area (Å²) >= 11 is 0. The van der Waals surface area contributed by atoms with Gasteiger partial charge in [0, 0.05) is 49.2 Å². The van der Waals surface area contributed by atoms with Crippen LogP contribution in [0.15, 0.2) is 34.0 Å². The minimum atomic E-state index is -3.69. The third-order valence-electron chi connectivity index (χ3n) is 7.29. The highest BCUT2D eigenvalue weighted by atomic mass is 32.2. The monoisotopic (exact) mass is 502 g/mol. The number of carbonyl (C=O) groups is 1. The Morgan fingerprint density at radius 2 is 1.86 bits per heavy atom. The molecule has 1 amide bonds. The van der Waals surface area contributed by atoms with Crippen molar-refractivity contribution >= 4 is 26.8 Å². The zero-order valence-corrected chi connectivity index (χ0v) is 21.9. The molecule has 4 rings (SSSR count). The summed E-state index contributed by atoms with van der Waals surface area (Å²) in [6.45, 7) is 10.6. The van der Waals surface area contributed by atoms with Gasteiger partial charge in [0.25, 0.3) is 5.91 Å². The topological polar surface area (TPSA) is 103 Å². The van der Waals surface area contributed by atoms with Gasteiger partial charge in [-0.1, -0.05) is 20.3 Å². The summed E-state index contributed by atoms with van der Waals surface area (Å²) in [6.07, 6.45) is 4.78. The maximum absolute atomic E-state index is 13.3. The number of aromatic nitrogens is 1. The van der Waals surface area contributed by atoms with Gasteiger partial charge in [-0.3, -0.25) is 9.59 Å². The molecule has 0 spiro atoms. The molecule has 2 aromatic rings. The summed E-state index contributed by atoms with van der Waals surface area (Å²) < 4.78 is 28.2. The Kier molecular flexibility index (Phi) is 7.98. The first-order valence-electron chi connectivity index (χ1n) is 12.8. The van der Waals surface area contributed by atoms with E-state index >= 15 is 0 Å². The smallest absolute Gasteiger partial charge is 0.252 e. The number of hydrogen-bond donors (Lipinski definition) is 2. The van der Waals surface area contributed by atoms with Crippen LogP contribution in [0.4, 0.5) is 0 Å². The Morgan fingerprint density at radius 3 is 2.57 bits per heavy atom. The van der Waals surface area contributed by atoms with Crippen LogP contribution in [-0.4, -0.2) is 67.3 Å². The van der Waals surface area contributed by atoms with Crippen LogP contribution in [0.2, 0.25) is 0 Å². The Hall–Kier alpha value is -2.23. The van der Waals surface area contributed by atoms with Crippen molar-refractivity contribution in [3.8, 4) is 0 Å². The number of fused-ring (bicyclic) bond motifs is 1. The second-order valence-corrected chi connectivity index (χ2v) is 12.4. The molecule has 0 unspecified atom stereocenters. The van der Waals surface area contributed by atoms with Crippen molar-refractivity contribution in [2.24, 2.45) is 11.8 Å². The largest absolute Gasteiger partial charge is 0.352 e. The molecule has 0 radical (unpaired) electrons. The molecule has 2 fully saturated rings. The van der Waals surface area contributed by atoms with Gasteiger partial charge in [-0.05, 0) is 69.2 Å².